The van der Waals surface area contributed by atoms with E-state index in [1.54, 1.807) is 5.01 Å². The Morgan fingerprint density at radius 3 is 2.53 bits per heavy atom. The quantitative estimate of drug-likeness (QED) is 0.739. The highest BCUT2D eigenvalue weighted by atomic mass is 16.7. The Morgan fingerprint density at radius 2 is 1.88 bits per heavy atom. The van der Waals surface area contributed by atoms with Crippen LogP contribution in [0.15, 0.2) is 41.6 Å². The van der Waals surface area contributed by atoms with Crippen molar-refractivity contribution in [3.8, 4) is 0 Å². The highest BCUT2D eigenvalue weighted by Gasteiger charge is 2.41. The van der Waals surface area contributed by atoms with Crippen molar-refractivity contribution < 1.29 is 14.3 Å². The zero-order valence-corrected chi connectivity index (χ0v) is 19.2. The van der Waals surface area contributed by atoms with E-state index in [9.17, 15) is 4.79 Å². The second kappa shape index (κ2) is 8.46. The molecule has 32 heavy (non-hydrogen) atoms. The summed E-state index contributed by atoms with van der Waals surface area (Å²) in [7, 11) is 2.03. The van der Waals surface area contributed by atoms with E-state index in [0.717, 1.165) is 49.3 Å². The smallest absolute Gasteiger partial charge is 0.257 e. The second-order valence-electron chi connectivity index (χ2n) is 9.23. The number of ether oxygens (including phenoxy) is 2. The fourth-order valence-corrected chi connectivity index (χ4v) is 4.99. The standard InChI is InChI=1S/C25H32N4O3/c1-18-6-7-20(15-19(18)2)21-16-23(22-5-4-10-27(22)3)29(26-21)24(30)17-28-11-8-25(9-12-28)31-13-14-32-25/h4-7,10,15,23H,8-9,11-14,16-17H2,1-3H3. The van der Waals surface area contributed by atoms with Crippen LogP contribution in [-0.4, -0.2) is 64.7 Å². The number of benzene rings is 1. The topological polar surface area (TPSA) is 59.3 Å². The maximum absolute atomic E-state index is 13.4. The van der Waals surface area contributed by atoms with Crippen molar-refractivity contribution in [3.05, 3.63) is 58.9 Å². The molecule has 2 aromatic rings. The van der Waals surface area contributed by atoms with Gasteiger partial charge in [0.2, 0.25) is 0 Å². The van der Waals surface area contributed by atoms with Gasteiger partial charge in [0.05, 0.1) is 25.5 Å². The number of hydrazone groups is 1. The molecule has 5 rings (SSSR count). The van der Waals surface area contributed by atoms with Gasteiger partial charge in [-0.2, -0.15) is 5.10 Å². The Kier molecular flexibility index (Phi) is 5.65. The lowest BCUT2D eigenvalue weighted by atomic mass is 9.98. The molecule has 0 bridgehead atoms. The summed E-state index contributed by atoms with van der Waals surface area (Å²) in [5, 5.41) is 6.57. The third-order valence-electron chi connectivity index (χ3n) is 7.12. The molecule has 7 nitrogen and oxygen atoms in total. The largest absolute Gasteiger partial charge is 0.353 e. The van der Waals surface area contributed by atoms with Crippen molar-refractivity contribution in [1.82, 2.24) is 14.5 Å². The van der Waals surface area contributed by atoms with E-state index < -0.39 is 5.79 Å². The van der Waals surface area contributed by atoms with E-state index in [2.05, 4.69) is 47.6 Å². The number of nitrogens with zero attached hydrogens (tertiary/aromatic N) is 4. The molecular weight excluding hydrogens is 404 g/mol. The number of amides is 1. The Balaban J connectivity index is 1.34. The van der Waals surface area contributed by atoms with Gasteiger partial charge < -0.3 is 14.0 Å². The first-order chi connectivity index (χ1) is 15.4. The number of aryl methyl sites for hydroxylation is 3. The van der Waals surface area contributed by atoms with Crippen LogP contribution in [0.5, 0.6) is 0 Å². The molecule has 0 saturated carbocycles. The van der Waals surface area contributed by atoms with Crippen molar-refractivity contribution in [3.63, 3.8) is 0 Å². The van der Waals surface area contributed by atoms with Crippen molar-refractivity contribution in [2.45, 2.75) is 44.9 Å². The molecular formula is C25H32N4O3. The molecule has 170 valence electrons. The Morgan fingerprint density at radius 1 is 1.12 bits per heavy atom. The summed E-state index contributed by atoms with van der Waals surface area (Å²) in [4.78, 5) is 15.6. The monoisotopic (exact) mass is 436 g/mol. The minimum absolute atomic E-state index is 0.0410. The lowest BCUT2D eigenvalue weighted by molar-refractivity contribution is -0.186. The molecule has 1 aromatic heterocycles. The van der Waals surface area contributed by atoms with Crippen LogP contribution in [0.3, 0.4) is 0 Å². The molecule has 3 aliphatic rings. The van der Waals surface area contributed by atoms with Crippen molar-refractivity contribution in [1.29, 1.82) is 0 Å². The SMILES string of the molecule is Cc1ccc(C2=NN(C(=O)CN3CCC4(CC3)OCCO4)C(c3cccn3C)C2)cc1C. The summed E-state index contributed by atoms with van der Waals surface area (Å²) in [5.41, 5.74) is 5.67. The molecule has 1 amide bonds. The van der Waals surface area contributed by atoms with E-state index in [1.165, 1.54) is 11.1 Å². The van der Waals surface area contributed by atoms with Gasteiger partial charge in [0.1, 0.15) is 6.04 Å². The van der Waals surface area contributed by atoms with Crippen molar-refractivity contribution in [2.24, 2.45) is 12.1 Å². The maximum Gasteiger partial charge on any atom is 0.257 e. The zero-order valence-electron chi connectivity index (χ0n) is 19.2. The molecule has 4 heterocycles. The highest BCUT2D eigenvalue weighted by Crippen LogP contribution is 2.34. The average Bonchev–Trinajstić information content (AvgIpc) is 3.52. The molecule has 2 saturated heterocycles. The summed E-state index contributed by atoms with van der Waals surface area (Å²) in [6, 6.07) is 10.4. The summed E-state index contributed by atoms with van der Waals surface area (Å²) in [6.07, 6.45) is 4.35. The first-order valence-corrected chi connectivity index (χ1v) is 11.5. The van der Waals surface area contributed by atoms with Gasteiger partial charge >= 0.3 is 0 Å². The zero-order chi connectivity index (χ0) is 22.3. The summed E-state index contributed by atoms with van der Waals surface area (Å²) < 4.78 is 13.7. The molecule has 1 unspecified atom stereocenters. The number of carbonyl (C=O) groups is 1. The van der Waals surface area contributed by atoms with Gasteiger partial charge in [-0.15, -0.1) is 0 Å². The number of likely N-dealkylation sites (tertiary alicyclic amines) is 1. The number of hydrogen-bond donors (Lipinski definition) is 0. The van der Waals surface area contributed by atoms with Crippen LogP contribution in [-0.2, 0) is 21.3 Å². The second-order valence-corrected chi connectivity index (χ2v) is 9.23. The van der Waals surface area contributed by atoms with Crippen LogP contribution < -0.4 is 0 Å². The fourth-order valence-electron chi connectivity index (χ4n) is 4.99. The summed E-state index contributed by atoms with van der Waals surface area (Å²) in [5.74, 6) is -0.382. The lowest BCUT2D eigenvalue weighted by Crippen LogP contribution is -2.48. The minimum Gasteiger partial charge on any atom is -0.353 e. The summed E-state index contributed by atoms with van der Waals surface area (Å²) >= 11 is 0. The highest BCUT2D eigenvalue weighted by molar-refractivity contribution is 6.03. The van der Waals surface area contributed by atoms with Crippen LogP contribution >= 0.6 is 0 Å². The molecule has 1 atom stereocenters. The van der Waals surface area contributed by atoms with E-state index in [1.807, 2.05) is 19.3 Å². The molecule has 3 aliphatic heterocycles. The molecule has 1 spiro atoms. The number of piperidine rings is 1. The minimum atomic E-state index is -0.423. The van der Waals surface area contributed by atoms with Gasteiger partial charge in [-0.25, -0.2) is 5.01 Å². The van der Waals surface area contributed by atoms with Crippen LogP contribution in [0.25, 0.3) is 0 Å². The van der Waals surface area contributed by atoms with E-state index in [4.69, 9.17) is 14.6 Å². The van der Waals surface area contributed by atoms with E-state index in [0.29, 0.717) is 19.8 Å². The molecule has 7 heteroatoms. The summed E-state index contributed by atoms with van der Waals surface area (Å²) in [6.45, 7) is 7.52. The Hall–Kier alpha value is -2.48. The van der Waals surface area contributed by atoms with Gasteiger partial charge in [0.25, 0.3) is 5.91 Å². The Labute approximate surface area is 189 Å². The van der Waals surface area contributed by atoms with Gasteiger partial charge in [-0.1, -0.05) is 12.1 Å². The molecule has 2 fully saturated rings. The molecule has 1 aromatic carbocycles. The number of aromatic nitrogens is 1. The maximum atomic E-state index is 13.4. The lowest BCUT2D eigenvalue weighted by Gasteiger charge is -2.37. The molecule has 0 radical (unpaired) electrons. The molecule has 0 N–H and O–H groups in total. The fraction of sp³-hybridized carbons (Fsp3) is 0.520. The van der Waals surface area contributed by atoms with Crippen molar-refractivity contribution >= 4 is 11.6 Å². The van der Waals surface area contributed by atoms with Gasteiger partial charge in [0, 0.05) is 51.3 Å². The predicted octanol–water partition coefficient (Wildman–Crippen LogP) is 3.16. The average molecular weight is 437 g/mol. The van der Waals surface area contributed by atoms with Crippen LogP contribution in [0.2, 0.25) is 0 Å². The first-order valence-electron chi connectivity index (χ1n) is 11.5. The van der Waals surface area contributed by atoms with Crippen LogP contribution in [0, 0.1) is 13.8 Å². The van der Waals surface area contributed by atoms with Gasteiger partial charge in [0.15, 0.2) is 5.79 Å². The van der Waals surface area contributed by atoms with Gasteiger partial charge in [-0.3, -0.25) is 9.69 Å². The normalized spacial score (nSPS) is 23.2. The number of hydrogen-bond acceptors (Lipinski definition) is 5. The number of rotatable bonds is 4. The van der Waals surface area contributed by atoms with Crippen LogP contribution in [0.4, 0.5) is 0 Å². The van der Waals surface area contributed by atoms with Crippen molar-refractivity contribution in [2.75, 3.05) is 32.8 Å². The third-order valence-corrected chi connectivity index (χ3v) is 7.12. The molecule has 0 aliphatic carbocycles. The third kappa shape index (κ3) is 4.00. The van der Waals surface area contributed by atoms with Gasteiger partial charge in [-0.05, 0) is 48.7 Å². The number of carbonyl (C=O) groups excluding carboxylic acids is 1. The predicted molar refractivity (Wildman–Crippen MR) is 122 cm³/mol. The van der Waals surface area contributed by atoms with E-state index in [-0.39, 0.29) is 11.9 Å². The van der Waals surface area contributed by atoms with Crippen LogP contribution in [0.1, 0.15) is 47.7 Å². The Bertz CT molecular complexity index is 1030. The van der Waals surface area contributed by atoms with E-state index >= 15 is 0 Å². The first kappa shape index (κ1) is 21.4.